The van der Waals surface area contributed by atoms with E-state index in [0.29, 0.717) is 5.76 Å². The van der Waals surface area contributed by atoms with Crippen LogP contribution in [0.4, 0.5) is 4.39 Å². The number of ether oxygens (including phenoxy) is 2. The van der Waals surface area contributed by atoms with Gasteiger partial charge in [0.15, 0.2) is 0 Å². The van der Waals surface area contributed by atoms with Crippen LogP contribution in [0.15, 0.2) is 34.6 Å². The zero-order valence-corrected chi connectivity index (χ0v) is 11.2. The van der Waals surface area contributed by atoms with Crippen molar-refractivity contribution in [3.8, 4) is 0 Å². The Morgan fingerprint density at radius 3 is 2.85 bits per heavy atom. The highest BCUT2D eigenvalue weighted by Crippen LogP contribution is 2.39. The molecule has 2 heterocycles. The molecule has 1 aliphatic heterocycles. The molecule has 1 aliphatic rings. The maximum Gasteiger partial charge on any atom is 0.373 e. The monoisotopic (exact) mass is 282 g/mol. The fourth-order valence-corrected chi connectivity index (χ4v) is 1.99. The van der Waals surface area contributed by atoms with Crippen LogP contribution in [0.3, 0.4) is 0 Å². The Morgan fingerprint density at radius 2 is 2.30 bits per heavy atom. The summed E-state index contributed by atoms with van der Waals surface area (Å²) < 4.78 is 29.4. The summed E-state index contributed by atoms with van der Waals surface area (Å²) in [6, 6.07) is 3.30. The maximum absolute atomic E-state index is 14.5. The number of hydrogen-bond donors (Lipinski definition) is 0. The fourth-order valence-electron chi connectivity index (χ4n) is 1.99. The van der Waals surface area contributed by atoms with Crippen LogP contribution in [-0.2, 0) is 19.1 Å². The molecule has 108 valence electrons. The lowest BCUT2D eigenvalue weighted by Crippen LogP contribution is -2.40. The zero-order chi connectivity index (χ0) is 14.8. The molecule has 1 aromatic heterocycles. The fraction of sp³-hybridized carbons (Fsp3) is 0.429. The SMILES string of the molecule is CCOC(=O)C1=CC(c2ccco2)CC(F)(C(C)=O)O1. The largest absolute Gasteiger partial charge is 0.469 e. The van der Waals surface area contributed by atoms with Gasteiger partial charge in [-0.1, -0.05) is 0 Å². The van der Waals surface area contributed by atoms with Crippen molar-refractivity contribution >= 4 is 11.8 Å². The van der Waals surface area contributed by atoms with Crippen LogP contribution in [0.5, 0.6) is 0 Å². The Labute approximate surface area is 115 Å². The van der Waals surface area contributed by atoms with Crippen molar-refractivity contribution in [2.45, 2.75) is 32.0 Å². The number of carbonyl (C=O) groups is 2. The van der Waals surface area contributed by atoms with E-state index in [0.717, 1.165) is 6.92 Å². The van der Waals surface area contributed by atoms with Gasteiger partial charge in [-0.25, -0.2) is 4.79 Å². The lowest BCUT2D eigenvalue weighted by atomic mass is 9.92. The Hall–Kier alpha value is -2.11. The highest BCUT2D eigenvalue weighted by atomic mass is 19.2. The third kappa shape index (κ3) is 2.74. The van der Waals surface area contributed by atoms with Crippen LogP contribution in [0.1, 0.15) is 31.9 Å². The first-order chi connectivity index (χ1) is 9.46. The van der Waals surface area contributed by atoms with Gasteiger partial charge in [-0.3, -0.25) is 4.79 Å². The molecule has 2 rings (SSSR count). The second-order valence-corrected chi connectivity index (χ2v) is 4.46. The molecule has 0 N–H and O–H groups in total. The van der Waals surface area contributed by atoms with Crippen molar-refractivity contribution in [2.24, 2.45) is 0 Å². The molecule has 0 aliphatic carbocycles. The summed E-state index contributed by atoms with van der Waals surface area (Å²) in [6.45, 7) is 2.83. The quantitative estimate of drug-likeness (QED) is 0.794. The minimum atomic E-state index is -2.55. The number of rotatable bonds is 4. The minimum absolute atomic E-state index is 0.129. The van der Waals surface area contributed by atoms with Crippen LogP contribution >= 0.6 is 0 Å². The van der Waals surface area contributed by atoms with Crippen LogP contribution in [0.2, 0.25) is 0 Å². The molecule has 0 fully saturated rings. The van der Waals surface area contributed by atoms with E-state index in [4.69, 9.17) is 13.9 Å². The number of alkyl halides is 1. The third-order valence-corrected chi connectivity index (χ3v) is 3.02. The van der Waals surface area contributed by atoms with Crippen molar-refractivity contribution in [3.63, 3.8) is 0 Å². The summed E-state index contributed by atoms with van der Waals surface area (Å²) in [4.78, 5) is 23.2. The zero-order valence-electron chi connectivity index (χ0n) is 11.2. The Morgan fingerprint density at radius 1 is 1.55 bits per heavy atom. The van der Waals surface area contributed by atoms with E-state index in [9.17, 15) is 14.0 Å². The van der Waals surface area contributed by atoms with Gasteiger partial charge in [0.2, 0.25) is 11.5 Å². The van der Waals surface area contributed by atoms with Crippen LogP contribution < -0.4 is 0 Å². The van der Waals surface area contributed by atoms with E-state index in [1.165, 1.54) is 12.3 Å². The average molecular weight is 282 g/mol. The van der Waals surface area contributed by atoms with Crippen LogP contribution in [0, 0.1) is 0 Å². The molecule has 0 saturated carbocycles. The molecular formula is C14H15FO5. The topological polar surface area (TPSA) is 65.7 Å². The number of halogens is 1. The number of ketones is 1. The molecule has 0 aromatic carbocycles. The van der Waals surface area contributed by atoms with Gasteiger partial charge in [-0.05, 0) is 25.1 Å². The molecule has 6 heteroatoms. The van der Waals surface area contributed by atoms with E-state index in [2.05, 4.69) is 0 Å². The summed E-state index contributed by atoms with van der Waals surface area (Å²) in [6.07, 6.45) is 2.62. The van der Waals surface area contributed by atoms with Crippen LogP contribution in [0.25, 0.3) is 0 Å². The van der Waals surface area contributed by atoms with E-state index in [1.807, 2.05) is 0 Å². The second kappa shape index (κ2) is 5.48. The first-order valence-corrected chi connectivity index (χ1v) is 6.27. The molecule has 1 aromatic rings. The molecule has 0 spiro atoms. The molecule has 0 saturated heterocycles. The maximum atomic E-state index is 14.5. The lowest BCUT2D eigenvalue weighted by molar-refractivity contribution is -0.174. The second-order valence-electron chi connectivity index (χ2n) is 4.46. The Kier molecular flexibility index (Phi) is 3.92. The number of Topliss-reactive ketones (excluding diaryl/α,β-unsaturated/α-hetero) is 1. The van der Waals surface area contributed by atoms with Crippen molar-refractivity contribution in [3.05, 3.63) is 36.0 Å². The van der Waals surface area contributed by atoms with Gasteiger partial charge in [0, 0.05) is 19.3 Å². The highest BCUT2D eigenvalue weighted by Gasteiger charge is 2.46. The lowest BCUT2D eigenvalue weighted by Gasteiger charge is -2.31. The first kappa shape index (κ1) is 14.3. The molecule has 2 atom stereocenters. The van der Waals surface area contributed by atoms with Gasteiger partial charge in [-0.15, -0.1) is 0 Å². The van der Waals surface area contributed by atoms with Crippen molar-refractivity contribution in [1.82, 2.24) is 0 Å². The van der Waals surface area contributed by atoms with Gasteiger partial charge in [0.1, 0.15) is 5.76 Å². The molecule has 0 bridgehead atoms. The molecule has 5 nitrogen and oxygen atoms in total. The summed E-state index contributed by atoms with van der Waals surface area (Å²) in [5.41, 5.74) is 0. The smallest absolute Gasteiger partial charge is 0.373 e. The molecule has 0 radical (unpaired) electrons. The average Bonchev–Trinajstić information content (AvgIpc) is 2.92. The summed E-state index contributed by atoms with van der Waals surface area (Å²) >= 11 is 0. The van der Waals surface area contributed by atoms with Crippen molar-refractivity contribution < 1.29 is 27.9 Å². The van der Waals surface area contributed by atoms with Gasteiger partial charge in [-0.2, -0.15) is 4.39 Å². The number of esters is 1. The molecular weight excluding hydrogens is 267 g/mol. The van der Waals surface area contributed by atoms with Gasteiger partial charge < -0.3 is 13.9 Å². The minimum Gasteiger partial charge on any atom is -0.469 e. The van der Waals surface area contributed by atoms with Crippen LogP contribution in [-0.4, -0.2) is 24.2 Å². The highest BCUT2D eigenvalue weighted by molar-refractivity contribution is 5.89. The van der Waals surface area contributed by atoms with E-state index < -0.39 is 23.5 Å². The predicted molar refractivity (Wildman–Crippen MR) is 66.4 cm³/mol. The Balaban J connectivity index is 2.34. The molecule has 0 amide bonds. The van der Waals surface area contributed by atoms with Gasteiger partial charge in [0.25, 0.3) is 0 Å². The standard InChI is InChI=1S/C14H15FO5/c1-3-18-13(17)12-7-10(11-5-4-6-19-11)8-14(15,20-12)9(2)16/h4-7,10H,3,8H2,1-2H3. The third-order valence-electron chi connectivity index (χ3n) is 3.02. The number of hydrogen-bond acceptors (Lipinski definition) is 5. The summed E-state index contributed by atoms with van der Waals surface area (Å²) in [5, 5.41) is 0. The van der Waals surface area contributed by atoms with E-state index in [-0.39, 0.29) is 18.8 Å². The van der Waals surface area contributed by atoms with E-state index >= 15 is 0 Å². The molecule has 20 heavy (non-hydrogen) atoms. The van der Waals surface area contributed by atoms with Gasteiger partial charge >= 0.3 is 11.8 Å². The number of allylic oxidation sites excluding steroid dienone is 1. The van der Waals surface area contributed by atoms with Crippen molar-refractivity contribution in [2.75, 3.05) is 6.61 Å². The summed E-state index contributed by atoms with van der Waals surface area (Å²) in [7, 11) is 0. The summed E-state index contributed by atoms with van der Waals surface area (Å²) in [5.74, 6) is -4.56. The number of carbonyl (C=O) groups excluding carboxylic acids is 2. The Bertz CT molecular complexity index is 534. The normalized spacial score (nSPS) is 25.6. The van der Waals surface area contributed by atoms with E-state index in [1.54, 1.807) is 19.1 Å². The number of furan rings is 1. The first-order valence-electron chi connectivity index (χ1n) is 6.27. The predicted octanol–water partition coefficient (Wildman–Crippen LogP) is 2.49. The molecule has 2 unspecified atom stereocenters. The van der Waals surface area contributed by atoms with Gasteiger partial charge in [0.05, 0.1) is 12.9 Å². The van der Waals surface area contributed by atoms with Crippen molar-refractivity contribution in [1.29, 1.82) is 0 Å².